The Balaban J connectivity index is 2.07. The van der Waals surface area contributed by atoms with Gasteiger partial charge in [-0.3, -0.25) is 4.98 Å². The Kier molecular flexibility index (Phi) is 6.28. The van der Waals surface area contributed by atoms with Crippen LogP contribution in [-0.2, 0) is 20.7 Å². The zero-order valence-electron chi connectivity index (χ0n) is 15.5. The van der Waals surface area contributed by atoms with Crippen LogP contribution in [0.5, 0.6) is 0 Å². The summed E-state index contributed by atoms with van der Waals surface area (Å²) in [6.07, 6.45) is 6.96. The number of aromatic nitrogens is 1. The van der Waals surface area contributed by atoms with Crippen LogP contribution in [-0.4, -0.2) is 29.6 Å². The van der Waals surface area contributed by atoms with E-state index in [1.165, 1.54) is 19.4 Å². The van der Waals surface area contributed by atoms with Gasteiger partial charge in [-0.2, -0.15) is 0 Å². The number of benzene rings is 1. The van der Waals surface area contributed by atoms with Gasteiger partial charge in [-0.05, 0) is 56.0 Å². The van der Waals surface area contributed by atoms with Gasteiger partial charge in [0.05, 0.1) is 12.7 Å². The number of ether oxygens (including phenoxy) is 2. The van der Waals surface area contributed by atoms with E-state index in [9.17, 15) is 9.59 Å². The summed E-state index contributed by atoms with van der Waals surface area (Å²) >= 11 is 0. The molecule has 0 bridgehead atoms. The summed E-state index contributed by atoms with van der Waals surface area (Å²) < 4.78 is 9.94. The predicted octanol–water partition coefficient (Wildman–Crippen LogP) is 3.81. The third kappa shape index (κ3) is 6.16. The summed E-state index contributed by atoms with van der Waals surface area (Å²) in [5.41, 5.74) is 2.80. The van der Waals surface area contributed by atoms with Crippen molar-refractivity contribution in [2.24, 2.45) is 0 Å². The first-order valence-corrected chi connectivity index (χ1v) is 8.29. The van der Waals surface area contributed by atoms with Gasteiger partial charge >= 0.3 is 11.9 Å². The first kappa shape index (κ1) is 19.4. The maximum absolute atomic E-state index is 12.2. The van der Waals surface area contributed by atoms with Gasteiger partial charge in [0.1, 0.15) is 5.60 Å². The summed E-state index contributed by atoms with van der Waals surface area (Å²) in [5.74, 6) is -0.769. The highest BCUT2D eigenvalue weighted by Crippen LogP contribution is 2.15. The number of carbonyl (C=O) groups is 2. The van der Waals surface area contributed by atoms with Crippen molar-refractivity contribution in [2.75, 3.05) is 7.11 Å². The predicted molar refractivity (Wildman–Crippen MR) is 99.7 cm³/mol. The van der Waals surface area contributed by atoms with Gasteiger partial charge in [-0.15, -0.1) is 0 Å². The zero-order chi connectivity index (χ0) is 19.2. The fraction of sp³-hybridized carbons (Fsp3) is 0.286. The lowest BCUT2D eigenvalue weighted by Crippen LogP contribution is -2.24. The Labute approximate surface area is 153 Å². The molecule has 26 heavy (non-hydrogen) atoms. The average Bonchev–Trinajstić information content (AvgIpc) is 2.59. The molecule has 5 heteroatoms. The van der Waals surface area contributed by atoms with Crippen LogP contribution in [0, 0.1) is 0 Å². The number of rotatable bonds is 5. The Hall–Kier alpha value is -2.95. The van der Waals surface area contributed by atoms with Crippen molar-refractivity contribution in [1.82, 2.24) is 4.98 Å². The van der Waals surface area contributed by atoms with Gasteiger partial charge in [-0.1, -0.05) is 24.3 Å². The Morgan fingerprint density at radius 3 is 2.38 bits per heavy atom. The minimum Gasteiger partial charge on any atom is -0.466 e. The number of methoxy groups -OCH3 is 1. The standard InChI is InChI=1S/C21H23NO4/c1-21(2,3)26-20(24)18-12-17(13-22-14-18)11-16-7-5-15(6-8-16)9-10-19(23)25-4/h5-10,12-14H,11H2,1-4H3. The molecule has 0 N–H and O–H groups in total. The first-order valence-electron chi connectivity index (χ1n) is 8.29. The van der Waals surface area contributed by atoms with Crippen molar-refractivity contribution in [1.29, 1.82) is 0 Å². The highest BCUT2D eigenvalue weighted by Gasteiger charge is 2.18. The number of nitrogens with zero attached hydrogens (tertiary/aromatic N) is 1. The number of pyridine rings is 1. The average molecular weight is 353 g/mol. The number of hydrogen-bond donors (Lipinski definition) is 0. The minimum absolute atomic E-state index is 0.379. The highest BCUT2D eigenvalue weighted by atomic mass is 16.6. The van der Waals surface area contributed by atoms with E-state index < -0.39 is 5.60 Å². The van der Waals surface area contributed by atoms with E-state index in [1.54, 1.807) is 18.3 Å². The lowest BCUT2D eigenvalue weighted by Gasteiger charge is -2.19. The van der Waals surface area contributed by atoms with E-state index in [-0.39, 0.29) is 11.9 Å². The molecule has 5 nitrogen and oxygen atoms in total. The van der Waals surface area contributed by atoms with Gasteiger partial charge in [0.2, 0.25) is 0 Å². The Morgan fingerprint density at radius 1 is 1.08 bits per heavy atom. The van der Waals surface area contributed by atoms with Crippen molar-refractivity contribution in [3.8, 4) is 0 Å². The summed E-state index contributed by atoms with van der Waals surface area (Å²) in [6, 6.07) is 9.57. The monoisotopic (exact) mass is 353 g/mol. The molecule has 0 saturated carbocycles. The van der Waals surface area contributed by atoms with Crippen molar-refractivity contribution in [2.45, 2.75) is 32.8 Å². The van der Waals surface area contributed by atoms with E-state index in [0.717, 1.165) is 16.7 Å². The fourth-order valence-corrected chi connectivity index (χ4v) is 2.25. The van der Waals surface area contributed by atoms with Crippen LogP contribution in [0.15, 0.2) is 48.8 Å². The van der Waals surface area contributed by atoms with Gasteiger partial charge in [0, 0.05) is 18.5 Å². The molecule has 1 aromatic carbocycles. The topological polar surface area (TPSA) is 65.5 Å². The molecule has 136 valence electrons. The molecule has 0 aliphatic heterocycles. The lowest BCUT2D eigenvalue weighted by molar-refractivity contribution is -0.134. The molecule has 0 amide bonds. The van der Waals surface area contributed by atoms with Crippen LogP contribution >= 0.6 is 0 Å². The van der Waals surface area contributed by atoms with Crippen molar-refractivity contribution >= 4 is 18.0 Å². The molecule has 2 aromatic rings. The highest BCUT2D eigenvalue weighted by molar-refractivity contribution is 5.89. The lowest BCUT2D eigenvalue weighted by atomic mass is 10.0. The number of carbonyl (C=O) groups excluding carboxylic acids is 2. The van der Waals surface area contributed by atoms with Crippen molar-refractivity contribution in [3.05, 3.63) is 71.1 Å². The maximum atomic E-state index is 12.2. The minimum atomic E-state index is -0.541. The molecular weight excluding hydrogens is 330 g/mol. The normalized spacial score (nSPS) is 11.4. The molecule has 1 heterocycles. The molecule has 1 aromatic heterocycles. The number of esters is 2. The Morgan fingerprint density at radius 2 is 1.77 bits per heavy atom. The van der Waals surface area contributed by atoms with E-state index in [4.69, 9.17) is 4.74 Å². The van der Waals surface area contributed by atoms with Gasteiger partial charge < -0.3 is 9.47 Å². The number of hydrogen-bond acceptors (Lipinski definition) is 5. The summed E-state index contributed by atoms with van der Waals surface area (Å²) in [4.78, 5) is 27.4. The molecule has 0 unspecified atom stereocenters. The summed E-state index contributed by atoms with van der Waals surface area (Å²) in [6.45, 7) is 5.50. The summed E-state index contributed by atoms with van der Waals surface area (Å²) in [5, 5.41) is 0. The van der Waals surface area contributed by atoms with Gasteiger partial charge in [0.15, 0.2) is 0 Å². The smallest absolute Gasteiger partial charge is 0.340 e. The molecule has 0 atom stereocenters. The second kappa shape index (κ2) is 8.43. The van der Waals surface area contributed by atoms with Crippen molar-refractivity contribution in [3.63, 3.8) is 0 Å². The largest absolute Gasteiger partial charge is 0.466 e. The molecule has 0 saturated heterocycles. The third-order valence-electron chi connectivity index (χ3n) is 3.43. The molecule has 0 radical (unpaired) electrons. The molecule has 2 rings (SSSR count). The van der Waals surface area contributed by atoms with Crippen LogP contribution in [0.4, 0.5) is 0 Å². The molecular formula is C21H23NO4. The molecule has 0 aliphatic rings. The quantitative estimate of drug-likeness (QED) is 0.604. The van der Waals surface area contributed by atoms with Crippen LogP contribution in [0.3, 0.4) is 0 Å². The third-order valence-corrected chi connectivity index (χ3v) is 3.43. The second-order valence-electron chi connectivity index (χ2n) is 6.86. The second-order valence-corrected chi connectivity index (χ2v) is 6.86. The summed E-state index contributed by atoms with van der Waals surface area (Å²) in [7, 11) is 1.34. The maximum Gasteiger partial charge on any atom is 0.340 e. The van der Waals surface area contributed by atoms with Crippen molar-refractivity contribution < 1.29 is 19.1 Å². The zero-order valence-corrected chi connectivity index (χ0v) is 15.5. The van der Waals surface area contributed by atoms with E-state index in [1.807, 2.05) is 45.0 Å². The SMILES string of the molecule is COC(=O)C=Cc1ccc(Cc2cncc(C(=O)OC(C)(C)C)c2)cc1. The van der Waals surface area contributed by atoms with E-state index in [2.05, 4.69) is 9.72 Å². The fourth-order valence-electron chi connectivity index (χ4n) is 2.25. The molecule has 0 aliphatic carbocycles. The van der Waals surface area contributed by atoms with Crippen LogP contribution < -0.4 is 0 Å². The van der Waals surface area contributed by atoms with E-state index in [0.29, 0.717) is 12.0 Å². The van der Waals surface area contributed by atoms with Crippen LogP contribution in [0.1, 0.15) is 47.8 Å². The molecule has 0 spiro atoms. The Bertz CT molecular complexity index is 802. The van der Waals surface area contributed by atoms with Crippen LogP contribution in [0.25, 0.3) is 6.08 Å². The van der Waals surface area contributed by atoms with Gasteiger partial charge in [0.25, 0.3) is 0 Å². The first-order chi connectivity index (χ1) is 12.3. The van der Waals surface area contributed by atoms with E-state index >= 15 is 0 Å². The molecule has 0 fully saturated rings. The van der Waals surface area contributed by atoms with Crippen LogP contribution in [0.2, 0.25) is 0 Å². The van der Waals surface area contributed by atoms with Gasteiger partial charge in [-0.25, -0.2) is 9.59 Å².